The first-order valence-corrected chi connectivity index (χ1v) is 24.3. The Balaban J connectivity index is 0.851. The third kappa shape index (κ3) is 6.24. The van der Waals surface area contributed by atoms with Crippen molar-refractivity contribution in [3.05, 3.63) is 294 Å². The fourth-order valence-corrected chi connectivity index (χ4v) is 11.7. The van der Waals surface area contributed by atoms with E-state index < -0.39 is 5.41 Å². The number of nitrogens with zero attached hydrogens (tertiary/aromatic N) is 2. The molecule has 0 saturated carbocycles. The van der Waals surface area contributed by atoms with Gasteiger partial charge in [0.25, 0.3) is 0 Å². The molecule has 70 heavy (non-hydrogen) atoms. The monoisotopic (exact) mass is 894 g/mol. The molecule has 330 valence electrons. The van der Waals surface area contributed by atoms with Gasteiger partial charge in [-0.15, -0.1) is 0 Å². The third-order valence-electron chi connectivity index (χ3n) is 14.9. The molecule has 1 aliphatic carbocycles. The first kappa shape index (κ1) is 40.3. The minimum absolute atomic E-state index is 0.115. The Morgan fingerprint density at radius 2 is 0.871 bits per heavy atom. The summed E-state index contributed by atoms with van der Waals surface area (Å²) in [5.74, 6) is 0.883. The molecule has 11 aromatic carbocycles. The number of hydrogen-bond donors (Lipinski definition) is 2. The number of amidine groups is 1. The van der Waals surface area contributed by atoms with E-state index in [2.05, 4.69) is 258 Å². The van der Waals surface area contributed by atoms with Crippen molar-refractivity contribution < 1.29 is 0 Å². The van der Waals surface area contributed by atoms with Crippen LogP contribution in [0.25, 0.3) is 54.9 Å². The average molecular weight is 895 g/mol. The Labute approximate surface area is 407 Å². The molecular formula is C66H46N4. The molecule has 0 fully saturated rings. The topological polar surface area (TPSA) is 39.7 Å². The van der Waals surface area contributed by atoms with E-state index in [-0.39, 0.29) is 12.3 Å². The Kier molecular flexibility index (Phi) is 9.29. The van der Waals surface area contributed by atoms with Crippen molar-refractivity contribution in [3.63, 3.8) is 0 Å². The standard InChI is InChI=1S/C66H46N4/c1-4-18-48(19-5-1)63-67-64(49-20-6-2-7-21-49)69-65(68-63)50-34-32-44(33-35-50)43-28-30-45(31-29-43)51-38-39-58-56(42-51)55-26-14-15-27-57(55)66(58)59-40-36-46-16-10-12-24-53(46)61(59)70(52-22-8-3-9-23-52)62-54-25-13-11-17-47(54)37-41-60(62)66/h1-42,63,65,68H,(H,67,69). The number of fused-ring (bicyclic) bond motifs is 13. The Morgan fingerprint density at radius 1 is 0.371 bits per heavy atom. The summed E-state index contributed by atoms with van der Waals surface area (Å²) in [7, 11) is 0. The highest BCUT2D eigenvalue weighted by atomic mass is 15.3. The number of para-hydroxylation sites is 1. The van der Waals surface area contributed by atoms with Gasteiger partial charge in [0.1, 0.15) is 18.2 Å². The van der Waals surface area contributed by atoms with Gasteiger partial charge in [-0.25, -0.2) is 4.99 Å². The zero-order valence-corrected chi connectivity index (χ0v) is 38.3. The number of nitrogens with one attached hydrogen (secondary N) is 2. The van der Waals surface area contributed by atoms with E-state index in [1.165, 1.54) is 88.6 Å². The van der Waals surface area contributed by atoms with Crippen LogP contribution in [0.4, 0.5) is 17.1 Å². The van der Waals surface area contributed by atoms with Crippen LogP contribution in [0.2, 0.25) is 0 Å². The van der Waals surface area contributed by atoms with E-state index in [9.17, 15) is 0 Å². The first-order valence-electron chi connectivity index (χ1n) is 24.3. The molecule has 1 spiro atoms. The van der Waals surface area contributed by atoms with Gasteiger partial charge in [0.2, 0.25) is 0 Å². The lowest BCUT2D eigenvalue weighted by Gasteiger charge is -2.46. The number of rotatable bonds is 6. The summed E-state index contributed by atoms with van der Waals surface area (Å²) >= 11 is 0. The van der Waals surface area contributed by atoms with Crippen LogP contribution in [0.5, 0.6) is 0 Å². The number of hydrogen-bond acceptors (Lipinski definition) is 4. The summed E-state index contributed by atoms with van der Waals surface area (Å²) in [6, 6.07) is 93.4. The summed E-state index contributed by atoms with van der Waals surface area (Å²) in [5.41, 5.74) is 18.9. The van der Waals surface area contributed by atoms with Crippen LogP contribution in [0.1, 0.15) is 51.3 Å². The maximum atomic E-state index is 5.09. The fraction of sp³-hybridized carbons (Fsp3) is 0.0455. The van der Waals surface area contributed by atoms with Crippen LogP contribution >= 0.6 is 0 Å². The normalized spacial score (nSPS) is 16.2. The molecule has 2 aliphatic heterocycles. The Bertz CT molecular complexity index is 3740. The molecule has 0 saturated heterocycles. The van der Waals surface area contributed by atoms with Crippen molar-refractivity contribution in [2.75, 3.05) is 4.90 Å². The van der Waals surface area contributed by atoms with Crippen molar-refractivity contribution in [1.82, 2.24) is 10.6 Å². The van der Waals surface area contributed by atoms with Gasteiger partial charge in [0.05, 0.1) is 16.8 Å². The lowest BCUT2D eigenvalue weighted by molar-refractivity contribution is 0.409. The molecule has 0 bridgehead atoms. The molecule has 14 rings (SSSR count). The summed E-state index contributed by atoms with van der Waals surface area (Å²) in [5, 5.41) is 12.4. The summed E-state index contributed by atoms with van der Waals surface area (Å²) < 4.78 is 0. The van der Waals surface area contributed by atoms with Gasteiger partial charge < -0.3 is 10.2 Å². The fourth-order valence-electron chi connectivity index (χ4n) is 11.7. The predicted molar refractivity (Wildman–Crippen MR) is 289 cm³/mol. The van der Waals surface area contributed by atoms with E-state index in [0.29, 0.717) is 0 Å². The number of benzene rings is 11. The average Bonchev–Trinajstić information content (AvgIpc) is 3.73. The summed E-state index contributed by atoms with van der Waals surface area (Å²) in [6.45, 7) is 0. The molecule has 2 heterocycles. The van der Waals surface area contributed by atoms with Gasteiger partial charge in [-0.2, -0.15) is 0 Å². The first-order chi connectivity index (χ1) is 34.7. The summed E-state index contributed by atoms with van der Waals surface area (Å²) in [4.78, 5) is 7.64. The highest BCUT2D eigenvalue weighted by Gasteiger charge is 2.52. The molecule has 2 atom stereocenters. The smallest absolute Gasteiger partial charge is 0.131 e. The van der Waals surface area contributed by atoms with Crippen molar-refractivity contribution in [2.45, 2.75) is 17.7 Å². The molecule has 11 aromatic rings. The lowest BCUT2D eigenvalue weighted by Crippen LogP contribution is -2.44. The lowest BCUT2D eigenvalue weighted by atomic mass is 9.63. The minimum atomic E-state index is -0.564. The van der Waals surface area contributed by atoms with Crippen molar-refractivity contribution >= 4 is 44.4 Å². The second kappa shape index (κ2) is 16.2. The number of anilines is 3. The Hall–Kier alpha value is -8.83. The molecule has 2 unspecified atom stereocenters. The van der Waals surface area contributed by atoms with Crippen LogP contribution in [-0.2, 0) is 5.41 Å². The van der Waals surface area contributed by atoms with Gasteiger partial charge in [0, 0.05) is 22.0 Å². The van der Waals surface area contributed by atoms with Crippen LogP contribution in [0.15, 0.2) is 260 Å². The molecule has 4 heteroatoms. The maximum Gasteiger partial charge on any atom is 0.131 e. The molecule has 0 amide bonds. The van der Waals surface area contributed by atoms with Crippen LogP contribution in [0.3, 0.4) is 0 Å². The van der Waals surface area contributed by atoms with Gasteiger partial charge >= 0.3 is 0 Å². The second-order valence-electron chi connectivity index (χ2n) is 18.7. The van der Waals surface area contributed by atoms with Crippen molar-refractivity contribution in [3.8, 4) is 33.4 Å². The third-order valence-corrected chi connectivity index (χ3v) is 14.9. The second-order valence-corrected chi connectivity index (χ2v) is 18.7. The van der Waals surface area contributed by atoms with Crippen molar-refractivity contribution in [2.24, 2.45) is 4.99 Å². The van der Waals surface area contributed by atoms with Crippen LogP contribution in [-0.4, -0.2) is 5.84 Å². The van der Waals surface area contributed by atoms with Crippen LogP contribution < -0.4 is 15.5 Å². The maximum absolute atomic E-state index is 5.09. The number of aliphatic imine (C=N–C) groups is 1. The van der Waals surface area contributed by atoms with Gasteiger partial charge in [0.15, 0.2) is 0 Å². The quantitative estimate of drug-likeness (QED) is 0.175. The van der Waals surface area contributed by atoms with Gasteiger partial charge in [-0.1, -0.05) is 237 Å². The predicted octanol–water partition coefficient (Wildman–Crippen LogP) is 15.8. The van der Waals surface area contributed by atoms with Crippen LogP contribution in [0, 0.1) is 0 Å². The van der Waals surface area contributed by atoms with Crippen molar-refractivity contribution in [1.29, 1.82) is 0 Å². The summed E-state index contributed by atoms with van der Waals surface area (Å²) in [6.07, 6.45) is -0.288. The Morgan fingerprint density at radius 3 is 1.53 bits per heavy atom. The molecule has 4 nitrogen and oxygen atoms in total. The van der Waals surface area contributed by atoms with E-state index >= 15 is 0 Å². The minimum Gasteiger partial charge on any atom is -0.350 e. The molecule has 2 N–H and O–H groups in total. The highest BCUT2D eigenvalue weighted by molar-refractivity contribution is 6.12. The van der Waals surface area contributed by atoms with E-state index in [4.69, 9.17) is 4.99 Å². The highest BCUT2D eigenvalue weighted by Crippen LogP contribution is 2.65. The largest absolute Gasteiger partial charge is 0.350 e. The van der Waals surface area contributed by atoms with E-state index in [1.807, 2.05) is 12.1 Å². The molecular weight excluding hydrogens is 849 g/mol. The molecule has 0 aromatic heterocycles. The van der Waals surface area contributed by atoms with Gasteiger partial charge in [-0.3, -0.25) is 5.32 Å². The zero-order chi connectivity index (χ0) is 46.2. The molecule has 0 radical (unpaired) electrons. The van der Waals surface area contributed by atoms with E-state index in [0.717, 1.165) is 28.2 Å². The van der Waals surface area contributed by atoms with Gasteiger partial charge in [-0.05, 0) is 95.7 Å². The molecule has 3 aliphatic rings. The van der Waals surface area contributed by atoms with E-state index in [1.54, 1.807) is 0 Å². The zero-order valence-electron chi connectivity index (χ0n) is 38.3. The SMILES string of the molecule is c1ccc(C2=NC(c3ccccc3)NC(c3ccc(-c4ccc(-c5ccc6c(c5)-c5ccccc5C65c6ccc7ccccc7c6N(c6ccccc6)c6c5ccc5ccccc65)cc4)cc3)N2)cc1.